The highest BCUT2D eigenvalue weighted by molar-refractivity contribution is 6.27. The second-order valence-electron chi connectivity index (χ2n) is 8.63. The highest BCUT2D eigenvalue weighted by atomic mass is 19.2. The first-order valence-corrected chi connectivity index (χ1v) is 12.0. The predicted octanol–water partition coefficient (Wildman–Crippen LogP) is 3.02. The van der Waals surface area contributed by atoms with Crippen molar-refractivity contribution < 1.29 is 23.0 Å². The van der Waals surface area contributed by atoms with E-state index in [-0.39, 0.29) is 5.84 Å². The Hall–Kier alpha value is -2.95. The van der Waals surface area contributed by atoms with Gasteiger partial charge >= 0.3 is 0 Å². The Labute approximate surface area is 203 Å². The van der Waals surface area contributed by atoms with Gasteiger partial charge in [-0.15, -0.1) is 0 Å². The van der Waals surface area contributed by atoms with Crippen molar-refractivity contribution in [1.29, 1.82) is 0 Å². The molecule has 188 valence electrons. The molecule has 3 heterocycles. The van der Waals surface area contributed by atoms with Crippen LogP contribution in [0.2, 0.25) is 0 Å². The third kappa shape index (κ3) is 7.27. The second kappa shape index (κ2) is 12.7. The zero-order valence-electron chi connectivity index (χ0n) is 19.6. The maximum atomic E-state index is 13.8. The van der Waals surface area contributed by atoms with E-state index in [0.29, 0.717) is 61.3 Å². The van der Waals surface area contributed by atoms with Gasteiger partial charge < -0.3 is 20.1 Å². The molecule has 2 aliphatic heterocycles. The number of hydrogen-bond acceptors (Lipinski definition) is 7. The van der Waals surface area contributed by atoms with Crippen LogP contribution in [-0.2, 0) is 14.3 Å². The number of hydrogen-bond donors (Lipinski definition) is 2. The first kappa shape index (κ1) is 25.2. The van der Waals surface area contributed by atoms with E-state index in [4.69, 9.17) is 9.47 Å². The summed E-state index contributed by atoms with van der Waals surface area (Å²) in [6.45, 7) is 6.63. The maximum absolute atomic E-state index is 13.8. The molecule has 1 aromatic carbocycles. The standard InChI is InChI=1S/C25H31F2N5O3/c26-20-2-1-19(15-21(20)27)22-3-4-23(25(31-22)29-16-18-5-11-34-12-6-18)30-24(17-33)28-7-8-32-9-13-35-14-10-32/h1-4,15,17-18H,5-14,16H2,(H,28,30)(H,29,31). The molecule has 0 saturated carbocycles. The van der Waals surface area contributed by atoms with Crippen LogP contribution in [0.15, 0.2) is 35.3 Å². The number of aromatic nitrogens is 1. The normalized spacial score (nSPS) is 17.8. The molecule has 10 heteroatoms. The number of nitrogens with one attached hydrogen (secondary N) is 2. The molecule has 0 radical (unpaired) electrons. The van der Waals surface area contributed by atoms with Crippen molar-refractivity contribution in [3.8, 4) is 11.3 Å². The number of ether oxygens (including phenoxy) is 2. The van der Waals surface area contributed by atoms with Crippen LogP contribution in [0.3, 0.4) is 0 Å². The van der Waals surface area contributed by atoms with E-state index >= 15 is 0 Å². The van der Waals surface area contributed by atoms with Crippen molar-refractivity contribution in [3.63, 3.8) is 0 Å². The van der Waals surface area contributed by atoms with Crippen LogP contribution < -0.4 is 10.6 Å². The molecule has 2 saturated heterocycles. The van der Waals surface area contributed by atoms with E-state index in [1.54, 1.807) is 12.1 Å². The number of benzene rings is 1. The fourth-order valence-corrected chi connectivity index (χ4v) is 4.08. The monoisotopic (exact) mass is 487 g/mol. The molecule has 2 fully saturated rings. The van der Waals surface area contributed by atoms with Crippen molar-refractivity contribution in [2.45, 2.75) is 12.8 Å². The molecule has 35 heavy (non-hydrogen) atoms. The minimum atomic E-state index is -0.934. The predicted molar refractivity (Wildman–Crippen MR) is 130 cm³/mol. The number of morpholine rings is 1. The molecule has 8 nitrogen and oxygen atoms in total. The Morgan fingerprint density at radius 3 is 2.60 bits per heavy atom. The lowest BCUT2D eigenvalue weighted by molar-refractivity contribution is -0.102. The maximum Gasteiger partial charge on any atom is 0.185 e. The highest BCUT2D eigenvalue weighted by Gasteiger charge is 2.16. The number of nitrogens with zero attached hydrogens (tertiary/aromatic N) is 3. The molecule has 1 aromatic heterocycles. The second-order valence-corrected chi connectivity index (χ2v) is 8.63. The fourth-order valence-electron chi connectivity index (χ4n) is 4.08. The van der Waals surface area contributed by atoms with Crippen molar-refractivity contribution in [2.75, 3.05) is 64.5 Å². The smallest absolute Gasteiger partial charge is 0.185 e. The number of pyridine rings is 1. The summed E-state index contributed by atoms with van der Waals surface area (Å²) in [5, 5.41) is 6.44. The third-order valence-electron chi connectivity index (χ3n) is 6.18. The van der Waals surface area contributed by atoms with Gasteiger partial charge in [0.15, 0.2) is 29.6 Å². The number of carbonyl (C=O) groups excluding carboxylic acids is 1. The highest BCUT2D eigenvalue weighted by Crippen LogP contribution is 2.29. The van der Waals surface area contributed by atoms with Gasteiger partial charge in [-0.2, -0.15) is 0 Å². The van der Waals surface area contributed by atoms with Crippen molar-refractivity contribution in [2.24, 2.45) is 10.9 Å². The average molecular weight is 488 g/mol. The Balaban J connectivity index is 1.51. The molecule has 0 spiro atoms. The summed E-state index contributed by atoms with van der Waals surface area (Å²) in [6, 6.07) is 7.09. The van der Waals surface area contributed by atoms with Gasteiger partial charge in [0.1, 0.15) is 5.69 Å². The van der Waals surface area contributed by atoms with Gasteiger partial charge in [0.25, 0.3) is 0 Å². The molecule has 2 N–H and O–H groups in total. The van der Waals surface area contributed by atoms with Gasteiger partial charge in [0, 0.05) is 51.5 Å². The van der Waals surface area contributed by atoms with Gasteiger partial charge in [-0.05, 0) is 49.1 Å². The van der Waals surface area contributed by atoms with Crippen LogP contribution in [-0.4, -0.2) is 81.2 Å². The first-order chi connectivity index (χ1) is 17.1. The van der Waals surface area contributed by atoms with E-state index in [0.717, 1.165) is 57.8 Å². The zero-order valence-corrected chi connectivity index (χ0v) is 19.6. The fraction of sp³-hybridized carbons (Fsp3) is 0.480. The molecule has 0 bridgehead atoms. The molecular formula is C25H31F2N5O3. The number of amidine groups is 1. The Morgan fingerprint density at radius 1 is 1.09 bits per heavy atom. The molecule has 0 aliphatic carbocycles. The van der Waals surface area contributed by atoms with Gasteiger partial charge in [0.05, 0.1) is 18.9 Å². The van der Waals surface area contributed by atoms with Crippen LogP contribution in [0.1, 0.15) is 12.8 Å². The van der Waals surface area contributed by atoms with E-state index in [2.05, 4.69) is 25.5 Å². The Morgan fingerprint density at radius 2 is 1.86 bits per heavy atom. The van der Waals surface area contributed by atoms with E-state index < -0.39 is 11.6 Å². The summed E-state index contributed by atoms with van der Waals surface area (Å²) in [5.74, 6) is -0.739. The summed E-state index contributed by atoms with van der Waals surface area (Å²) in [7, 11) is 0. The molecule has 2 aliphatic rings. The van der Waals surface area contributed by atoms with Gasteiger partial charge in [-0.1, -0.05) is 0 Å². The molecule has 2 aromatic rings. The summed E-state index contributed by atoms with van der Waals surface area (Å²) in [5.41, 5.74) is 1.42. The SMILES string of the molecule is O=C/C(=N\c1ccc(-c2ccc(F)c(F)c2)nc1NCC1CCOCC1)NCCN1CCOCC1. The van der Waals surface area contributed by atoms with Gasteiger partial charge in [0.2, 0.25) is 0 Å². The number of halogens is 2. The van der Waals surface area contributed by atoms with E-state index in [1.165, 1.54) is 6.07 Å². The van der Waals surface area contributed by atoms with Crippen molar-refractivity contribution in [3.05, 3.63) is 42.0 Å². The van der Waals surface area contributed by atoms with Gasteiger partial charge in [-0.25, -0.2) is 18.8 Å². The topological polar surface area (TPSA) is 88.1 Å². The molecule has 4 rings (SSSR count). The molecule has 0 unspecified atom stereocenters. The third-order valence-corrected chi connectivity index (χ3v) is 6.18. The lowest BCUT2D eigenvalue weighted by Crippen LogP contribution is -2.41. The minimum Gasteiger partial charge on any atom is -0.381 e. The summed E-state index contributed by atoms with van der Waals surface area (Å²) in [6.07, 6.45) is 2.57. The number of rotatable bonds is 9. The lowest BCUT2D eigenvalue weighted by Gasteiger charge is -2.26. The largest absolute Gasteiger partial charge is 0.381 e. The van der Waals surface area contributed by atoms with Crippen molar-refractivity contribution >= 4 is 23.6 Å². The number of aliphatic imine (C=N–C) groups is 1. The summed E-state index contributed by atoms with van der Waals surface area (Å²) < 4.78 is 38.0. The average Bonchev–Trinajstić information content (AvgIpc) is 2.90. The number of carbonyl (C=O) groups is 1. The number of aldehydes is 1. The molecule has 0 amide bonds. The van der Waals surface area contributed by atoms with Crippen LogP contribution in [0, 0.1) is 17.6 Å². The number of anilines is 1. The Bertz CT molecular complexity index is 1020. The molecule has 0 atom stereocenters. The zero-order chi connectivity index (χ0) is 24.5. The summed E-state index contributed by atoms with van der Waals surface area (Å²) in [4.78, 5) is 23.1. The quantitative estimate of drug-likeness (QED) is 0.319. The van der Waals surface area contributed by atoms with Crippen LogP contribution in [0.5, 0.6) is 0 Å². The van der Waals surface area contributed by atoms with Crippen molar-refractivity contribution in [1.82, 2.24) is 15.2 Å². The van der Waals surface area contributed by atoms with E-state index in [9.17, 15) is 13.6 Å². The molecular weight excluding hydrogens is 456 g/mol. The summed E-state index contributed by atoms with van der Waals surface area (Å²) >= 11 is 0. The van der Waals surface area contributed by atoms with Gasteiger partial charge in [-0.3, -0.25) is 9.69 Å². The Kier molecular flexibility index (Phi) is 9.10. The first-order valence-electron chi connectivity index (χ1n) is 12.0. The lowest BCUT2D eigenvalue weighted by atomic mass is 10.0. The van der Waals surface area contributed by atoms with Crippen LogP contribution in [0.25, 0.3) is 11.3 Å². The van der Waals surface area contributed by atoms with Crippen LogP contribution >= 0.6 is 0 Å². The van der Waals surface area contributed by atoms with E-state index in [1.807, 2.05) is 0 Å². The minimum absolute atomic E-state index is 0.203. The van der Waals surface area contributed by atoms with Crippen LogP contribution in [0.4, 0.5) is 20.3 Å².